The third-order valence-electron chi connectivity index (χ3n) is 3.99. The molecule has 118 valence electrons. The summed E-state index contributed by atoms with van der Waals surface area (Å²) in [5, 5.41) is 1.15. The second kappa shape index (κ2) is 6.29. The SMILES string of the molecule is CC(C)=CC(c1cccc(N(C)C)c1)c1cc2cccnc2[nH]1. The maximum Gasteiger partial charge on any atom is 0.137 e. The number of aromatic amines is 1. The lowest BCUT2D eigenvalue weighted by Gasteiger charge is -2.17. The van der Waals surface area contributed by atoms with Crippen LogP contribution in [0, 0.1) is 0 Å². The van der Waals surface area contributed by atoms with Crippen LogP contribution >= 0.6 is 0 Å². The van der Waals surface area contributed by atoms with Crippen LogP contribution in [0.15, 0.2) is 60.3 Å². The van der Waals surface area contributed by atoms with Crippen molar-refractivity contribution in [2.24, 2.45) is 0 Å². The lowest BCUT2D eigenvalue weighted by atomic mass is 9.93. The molecule has 1 N–H and O–H groups in total. The number of pyridine rings is 1. The number of nitrogens with zero attached hydrogens (tertiary/aromatic N) is 2. The van der Waals surface area contributed by atoms with Gasteiger partial charge in [0.15, 0.2) is 0 Å². The molecule has 0 saturated carbocycles. The second-order valence-corrected chi connectivity index (χ2v) is 6.38. The fraction of sp³-hybridized carbons (Fsp3) is 0.250. The Bertz CT molecular complexity index is 806. The first-order valence-corrected chi connectivity index (χ1v) is 7.90. The predicted molar refractivity (Wildman–Crippen MR) is 98.1 cm³/mol. The van der Waals surface area contributed by atoms with E-state index in [1.165, 1.54) is 22.5 Å². The van der Waals surface area contributed by atoms with Crippen molar-refractivity contribution in [2.75, 3.05) is 19.0 Å². The molecule has 3 heteroatoms. The van der Waals surface area contributed by atoms with Gasteiger partial charge in [-0.25, -0.2) is 4.98 Å². The molecule has 0 radical (unpaired) electrons. The van der Waals surface area contributed by atoms with Crippen LogP contribution in [-0.4, -0.2) is 24.1 Å². The van der Waals surface area contributed by atoms with Gasteiger partial charge < -0.3 is 9.88 Å². The van der Waals surface area contributed by atoms with E-state index in [1.54, 1.807) is 0 Å². The molecular weight excluding hydrogens is 282 g/mol. The van der Waals surface area contributed by atoms with Gasteiger partial charge in [0, 0.05) is 43.0 Å². The Hall–Kier alpha value is -2.55. The highest BCUT2D eigenvalue weighted by Gasteiger charge is 2.15. The van der Waals surface area contributed by atoms with Gasteiger partial charge in [0.1, 0.15) is 5.65 Å². The van der Waals surface area contributed by atoms with Crippen LogP contribution in [0.4, 0.5) is 5.69 Å². The van der Waals surface area contributed by atoms with Crippen molar-refractivity contribution in [1.29, 1.82) is 0 Å². The summed E-state index contributed by atoms with van der Waals surface area (Å²) in [5.74, 6) is 0.203. The highest BCUT2D eigenvalue weighted by molar-refractivity contribution is 5.76. The Kier molecular flexibility index (Phi) is 4.20. The summed E-state index contributed by atoms with van der Waals surface area (Å²) in [6.45, 7) is 4.29. The Balaban J connectivity index is 2.11. The average Bonchev–Trinajstić information content (AvgIpc) is 2.96. The fourth-order valence-electron chi connectivity index (χ4n) is 2.84. The Morgan fingerprint density at radius 2 is 1.96 bits per heavy atom. The van der Waals surface area contributed by atoms with Crippen molar-refractivity contribution in [1.82, 2.24) is 9.97 Å². The molecule has 1 unspecified atom stereocenters. The molecule has 0 bridgehead atoms. The number of hydrogen-bond donors (Lipinski definition) is 1. The molecule has 0 fully saturated rings. The molecule has 3 rings (SSSR count). The number of hydrogen-bond acceptors (Lipinski definition) is 2. The zero-order valence-electron chi connectivity index (χ0n) is 14.2. The molecule has 3 nitrogen and oxygen atoms in total. The third kappa shape index (κ3) is 3.29. The topological polar surface area (TPSA) is 31.9 Å². The first kappa shape index (κ1) is 15.3. The molecule has 0 spiro atoms. The number of fused-ring (bicyclic) bond motifs is 1. The van der Waals surface area contributed by atoms with E-state index in [0.29, 0.717) is 0 Å². The molecule has 0 saturated heterocycles. The molecule has 0 aliphatic heterocycles. The van der Waals surface area contributed by atoms with Crippen molar-refractivity contribution < 1.29 is 0 Å². The van der Waals surface area contributed by atoms with E-state index < -0.39 is 0 Å². The van der Waals surface area contributed by atoms with Gasteiger partial charge in [0.05, 0.1) is 0 Å². The Labute approximate surface area is 137 Å². The van der Waals surface area contributed by atoms with Crippen molar-refractivity contribution in [3.8, 4) is 0 Å². The molecule has 1 atom stereocenters. The van der Waals surface area contributed by atoms with Gasteiger partial charge in [-0.15, -0.1) is 0 Å². The summed E-state index contributed by atoms with van der Waals surface area (Å²) < 4.78 is 0. The molecule has 23 heavy (non-hydrogen) atoms. The molecule has 0 amide bonds. The number of benzene rings is 1. The number of allylic oxidation sites excluding steroid dienone is 2. The predicted octanol–water partition coefficient (Wildman–Crippen LogP) is 4.73. The monoisotopic (exact) mass is 305 g/mol. The molecule has 2 heterocycles. The first-order valence-electron chi connectivity index (χ1n) is 7.90. The molecule has 1 aromatic carbocycles. The lowest BCUT2D eigenvalue weighted by molar-refractivity contribution is 0.959. The van der Waals surface area contributed by atoms with Gasteiger partial charge >= 0.3 is 0 Å². The van der Waals surface area contributed by atoms with Crippen molar-refractivity contribution in [2.45, 2.75) is 19.8 Å². The van der Waals surface area contributed by atoms with Crippen molar-refractivity contribution >= 4 is 16.7 Å². The van der Waals surface area contributed by atoms with E-state index >= 15 is 0 Å². The van der Waals surface area contributed by atoms with E-state index in [4.69, 9.17) is 0 Å². The standard InChI is InChI=1S/C20H23N3/c1-14(2)11-18(15-7-5-9-17(12-15)23(3)4)19-13-16-8-6-10-21-20(16)22-19/h5-13,18H,1-4H3,(H,21,22). The van der Waals surface area contributed by atoms with Gasteiger partial charge in [-0.3, -0.25) is 0 Å². The average molecular weight is 305 g/mol. The highest BCUT2D eigenvalue weighted by Crippen LogP contribution is 2.30. The zero-order chi connectivity index (χ0) is 16.4. The minimum atomic E-state index is 0.203. The van der Waals surface area contributed by atoms with Gasteiger partial charge in [-0.2, -0.15) is 0 Å². The lowest BCUT2D eigenvalue weighted by Crippen LogP contribution is -2.09. The zero-order valence-corrected chi connectivity index (χ0v) is 14.2. The fourth-order valence-corrected chi connectivity index (χ4v) is 2.84. The first-order chi connectivity index (χ1) is 11.0. The molecule has 0 aliphatic rings. The van der Waals surface area contributed by atoms with Gasteiger partial charge in [-0.05, 0) is 49.7 Å². The van der Waals surface area contributed by atoms with E-state index in [-0.39, 0.29) is 5.92 Å². The normalized spacial score (nSPS) is 12.2. The van der Waals surface area contributed by atoms with E-state index in [1.807, 2.05) is 12.3 Å². The van der Waals surface area contributed by atoms with Crippen LogP contribution in [0.1, 0.15) is 31.0 Å². The number of aromatic nitrogens is 2. The van der Waals surface area contributed by atoms with E-state index in [2.05, 4.69) is 85.3 Å². The highest BCUT2D eigenvalue weighted by atomic mass is 15.1. The van der Waals surface area contributed by atoms with Crippen molar-refractivity contribution in [3.63, 3.8) is 0 Å². The van der Waals surface area contributed by atoms with E-state index in [0.717, 1.165) is 11.0 Å². The van der Waals surface area contributed by atoms with Crippen LogP contribution in [0.3, 0.4) is 0 Å². The quantitative estimate of drug-likeness (QED) is 0.707. The van der Waals surface area contributed by atoms with Gasteiger partial charge in [0.2, 0.25) is 0 Å². The molecule has 0 aliphatic carbocycles. The molecule has 2 aromatic heterocycles. The van der Waals surface area contributed by atoms with Gasteiger partial charge in [-0.1, -0.05) is 23.8 Å². The molecule has 3 aromatic rings. The Morgan fingerprint density at radius 1 is 1.13 bits per heavy atom. The summed E-state index contributed by atoms with van der Waals surface area (Å²) in [6.07, 6.45) is 4.13. The second-order valence-electron chi connectivity index (χ2n) is 6.38. The summed E-state index contributed by atoms with van der Waals surface area (Å²) in [7, 11) is 4.14. The molecular formula is C20H23N3. The summed E-state index contributed by atoms with van der Waals surface area (Å²) in [5.41, 5.74) is 5.92. The van der Waals surface area contributed by atoms with Crippen molar-refractivity contribution in [3.05, 3.63) is 71.6 Å². The maximum absolute atomic E-state index is 4.42. The third-order valence-corrected chi connectivity index (χ3v) is 3.99. The Morgan fingerprint density at radius 3 is 2.65 bits per heavy atom. The van der Waals surface area contributed by atoms with Crippen LogP contribution in [0.25, 0.3) is 11.0 Å². The minimum Gasteiger partial charge on any atom is -0.378 e. The van der Waals surface area contributed by atoms with Crippen LogP contribution < -0.4 is 4.90 Å². The largest absolute Gasteiger partial charge is 0.378 e. The number of nitrogens with one attached hydrogen (secondary N) is 1. The van der Waals surface area contributed by atoms with Gasteiger partial charge in [0.25, 0.3) is 0 Å². The van der Waals surface area contributed by atoms with Crippen LogP contribution in [-0.2, 0) is 0 Å². The van der Waals surface area contributed by atoms with E-state index in [9.17, 15) is 0 Å². The smallest absolute Gasteiger partial charge is 0.137 e. The maximum atomic E-state index is 4.42. The number of rotatable bonds is 4. The number of H-pyrrole nitrogens is 1. The summed E-state index contributed by atoms with van der Waals surface area (Å²) >= 11 is 0. The van der Waals surface area contributed by atoms with Crippen LogP contribution in [0.2, 0.25) is 0 Å². The minimum absolute atomic E-state index is 0.203. The summed E-state index contributed by atoms with van der Waals surface area (Å²) in [6, 6.07) is 15.0. The van der Waals surface area contributed by atoms with Crippen LogP contribution in [0.5, 0.6) is 0 Å². The summed E-state index contributed by atoms with van der Waals surface area (Å²) in [4.78, 5) is 10.0. The number of anilines is 1.